The van der Waals surface area contributed by atoms with E-state index in [0.717, 1.165) is 24.1 Å². The summed E-state index contributed by atoms with van der Waals surface area (Å²) in [5.41, 5.74) is 3.43. The van der Waals surface area contributed by atoms with E-state index in [1.807, 2.05) is 6.07 Å². The van der Waals surface area contributed by atoms with E-state index >= 15 is 0 Å². The SMILES string of the molecule is Cc1noc2nc(C3CC3)cc(C(=O)NCc3ccc(C(=O)O)cc3)c12. The lowest BCUT2D eigenvalue weighted by molar-refractivity contribution is 0.0696. The molecule has 2 N–H and O–H groups in total. The Morgan fingerprint density at radius 2 is 2.00 bits per heavy atom. The Hall–Kier alpha value is -3.22. The van der Waals surface area contributed by atoms with Crippen molar-refractivity contribution >= 4 is 23.0 Å². The van der Waals surface area contributed by atoms with Crippen LogP contribution in [0.15, 0.2) is 34.9 Å². The van der Waals surface area contributed by atoms with Crippen LogP contribution in [-0.4, -0.2) is 27.1 Å². The van der Waals surface area contributed by atoms with Gasteiger partial charge < -0.3 is 14.9 Å². The third-order valence-corrected chi connectivity index (χ3v) is 4.53. The number of rotatable bonds is 5. The smallest absolute Gasteiger partial charge is 0.335 e. The van der Waals surface area contributed by atoms with Gasteiger partial charge in [-0.15, -0.1) is 0 Å². The topological polar surface area (TPSA) is 105 Å². The largest absolute Gasteiger partial charge is 0.478 e. The molecule has 2 heterocycles. The number of carboxylic acids is 1. The van der Waals surface area contributed by atoms with Gasteiger partial charge in [-0.25, -0.2) is 9.78 Å². The van der Waals surface area contributed by atoms with Gasteiger partial charge in [-0.2, -0.15) is 0 Å². The van der Waals surface area contributed by atoms with E-state index in [4.69, 9.17) is 9.63 Å². The van der Waals surface area contributed by atoms with Crippen LogP contribution in [0.2, 0.25) is 0 Å². The Bertz CT molecular complexity index is 1000. The molecular weight excluding hydrogens is 334 g/mol. The van der Waals surface area contributed by atoms with Crippen molar-refractivity contribution in [1.82, 2.24) is 15.5 Å². The molecule has 0 bridgehead atoms. The summed E-state index contributed by atoms with van der Waals surface area (Å²) in [5.74, 6) is -0.817. The minimum atomic E-state index is -0.977. The van der Waals surface area contributed by atoms with Gasteiger partial charge >= 0.3 is 5.97 Å². The molecule has 0 radical (unpaired) electrons. The number of carbonyl (C=O) groups is 2. The summed E-state index contributed by atoms with van der Waals surface area (Å²) in [4.78, 5) is 28.1. The molecule has 7 nitrogen and oxygen atoms in total. The second-order valence-electron chi connectivity index (χ2n) is 6.50. The number of amides is 1. The summed E-state index contributed by atoms with van der Waals surface area (Å²) in [7, 11) is 0. The molecule has 0 spiro atoms. The Balaban J connectivity index is 1.57. The highest BCUT2D eigenvalue weighted by Crippen LogP contribution is 2.40. The van der Waals surface area contributed by atoms with E-state index in [1.165, 1.54) is 12.1 Å². The van der Waals surface area contributed by atoms with Crippen LogP contribution in [0.4, 0.5) is 0 Å². The summed E-state index contributed by atoms with van der Waals surface area (Å²) in [6.45, 7) is 2.08. The second kappa shape index (κ2) is 6.25. The zero-order valence-electron chi connectivity index (χ0n) is 14.2. The van der Waals surface area contributed by atoms with Gasteiger partial charge in [0.15, 0.2) is 0 Å². The Labute approximate surface area is 149 Å². The molecule has 0 aliphatic heterocycles. The van der Waals surface area contributed by atoms with E-state index in [2.05, 4.69) is 15.5 Å². The monoisotopic (exact) mass is 351 g/mol. The average Bonchev–Trinajstić information content (AvgIpc) is 3.43. The molecule has 1 aliphatic rings. The number of benzene rings is 1. The Morgan fingerprint density at radius 1 is 1.27 bits per heavy atom. The van der Waals surface area contributed by atoms with Gasteiger partial charge in [-0.3, -0.25) is 4.79 Å². The summed E-state index contributed by atoms with van der Waals surface area (Å²) in [6, 6.07) is 8.24. The van der Waals surface area contributed by atoms with Crippen molar-refractivity contribution in [2.75, 3.05) is 0 Å². The van der Waals surface area contributed by atoms with Crippen molar-refractivity contribution in [2.45, 2.75) is 32.2 Å². The lowest BCUT2D eigenvalue weighted by Crippen LogP contribution is -2.23. The van der Waals surface area contributed by atoms with Crippen LogP contribution in [-0.2, 0) is 6.54 Å². The number of fused-ring (bicyclic) bond motifs is 1. The van der Waals surface area contributed by atoms with Crippen LogP contribution in [0.25, 0.3) is 11.1 Å². The average molecular weight is 351 g/mol. The van der Waals surface area contributed by atoms with Crippen LogP contribution in [0.5, 0.6) is 0 Å². The van der Waals surface area contributed by atoms with Gasteiger partial charge in [0.25, 0.3) is 11.6 Å². The first kappa shape index (κ1) is 16.3. The van der Waals surface area contributed by atoms with E-state index in [0.29, 0.717) is 34.8 Å². The van der Waals surface area contributed by atoms with Crippen molar-refractivity contribution in [1.29, 1.82) is 0 Å². The predicted molar refractivity (Wildman–Crippen MR) is 93.1 cm³/mol. The van der Waals surface area contributed by atoms with Crippen molar-refractivity contribution in [3.63, 3.8) is 0 Å². The Kier molecular flexibility index (Phi) is 3.91. The number of hydrogen-bond acceptors (Lipinski definition) is 5. The van der Waals surface area contributed by atoms with Gasteiger partial charge in [0.2, 0.25) is 0 Å². The molecule has 2 aromatic heterocycles. The first-order valence-electron chi connectivity index (χ1n) is 8.40. The maximum atomic E-state index is 12.8. The van der Waals surface area contributed by atoms with Gasteiger partial charge in [0.1, 0.15) is 0 Å². The van der Waals surface area contributed by atoms with E-state index in [9.17, 15) is 9.59 Å². The molecule has 7 heteroatoms. The zero-order chi connectivity index (χ0) is 18.3. The fourth-order valence-electron chi connectivity index (χ4n) is 2.92. The molecule has 0 saturated heterocycles. The molecule has 1 fully saturated rings. The zero-order valence-corrected chi connectivity index (χ0v) is 14.2. The quantitative estimate of drug-likeness (QED) is 0.732. The molecule has 26 heavy (non-hydrogen) atoms. The van der Waals surface area contributed by atoms with Crippen LogP contribution in [0, 0.1) is 6.92 Å². The molecule has 0 atom stereocenters. The Morgan fingerprint density at radius 3 is 2.65 bits per heavy atom. The highest BCUT2D eigenvalue weighted by molar-refractivity contribution is 6.06. The lowest BCUT2D eigenvalue weighted by Gasteiger charge is -2.08. The standard InChI is InChI=1S/C19H17N3O4/c1-10-16-14(8-15(12-6-7-12)21-18(16)26-22-10)17(23)20-9-11-2-4-13(5-3-11)19(24)25/h2-5,8,12H,6-7,9H2,1H3,(H,20,23)(H,24,25). The fraction of sp³-hybridized carbons (Fsp3) is 0.263. The number of aromatic carboxylic acids is 1. The number of hydrogen-bond donors (Lipinski definition) is 2. The third kappa shape index (κ3) is 3.03. The lowest BCUT2D eigenvalue weighted by atomic mass is 10.1. The maximum Gasteiger partial charge on any atom is 0.335 e. The molecular formula is C19H17N3O4. The number of nitrogens with one attached hydrogen (secondary N) is 1. The summed E-state index contributed by atoms with van der Waals surface area (Å²) >= 11 is 0. The fourth-order valence-corrected chi connectivity index (χ4v) is 2.92. The van der Waals surface area contributed by atoms with Crippen molar-refractivity contribution in [2.24, 2.45) is 0 Å². The molecule has 3 aromatic rings. The molecule has 1 aromatic carbocycles. The highest BCUT2D eigenvalue weighted by Gasteiger charge is 2.28. The van der Waals surface area contributed by atoms with Crippen molar-refractivity contribution in [3.8, 4) is 0 Å². The third-order valence-electron chi connectivity index (χ3n) is 4.53. The number of nitrogens with zero attached hydrogens (tertiary/aromatic N) is 2. The summed E-state index contributed by atoms with van der Waals surface area (Å²) in [6.07, 6.45) is 2.14. The molecule has 1 amide bonds. The minimum absolute atomic E-state index is 0.213. The first-order valence-corrected chi connectivity index (χ1v) is 8.40. The second-order valence-corrected chi connectivity index (χ2v) is 6.50. The van der Waals surface area contributed by atoms with Gasteiger partial charge in [-0.1, -0.05) is 17.3 Å². The molecule has 4 rings (SSSR count). The maximum absolute atomic E-state index is 12.8. The summed E-state index contributed by atoms with van der Waals surface area (Å²) < 4.78 is 5.26. The number of aryl methyl sites for hydroxylation is 1. The molecule has 1 saturated carbocycles. The van der Waals surface area contributed by atoms with E-state index in [1.54, 1.807) is 19.1 Å². The predicted octanol–water partition coefficient (Wildman–Crippen LogP) is 3.04. The number of carbonyl (C=O) groups excluding carboxylic acids is 1. The van der Waals surface area contributed by atoms with Crippen molar-refractivity contribution < 1.29 is 19.2 Å². The van der Waals surface area contributed by atoms with Gasteiger partial charge in [0, 0.05) is 18.2 Å². The van der Waals surface area contributed by atoms with Gasteiger partial charge in [0.05, 0.1) is 22.2 Å². The minimum Gasteiger partial charge on any atom is -0.478 e. The number of carboxylic acid groups (broad SMARTS) is 1. The molecule has 0 unspecified atom stereocenters. The highest BCUT2D eigenvalue weighted by atomic mass is 16.5. The normalized spacial score (nSPS) is 13.7. The number of aromatic nitrogens is 2. The van der Waals surface area contributed by atoms with E-state index in [-0.39, 0.29) is 11.5 Å². The van der Waals surface area contributed by atoms with E-state index < -0.39 is 5.97 Å². The van der Waals surface area contributed by atoms with Crippen LogP contribution in [0.3, 0.4) is 0 Å². The van der Waals surface area contributed by atoms with Crippen LogP contribution in [0.1, 0.15) is 56.4 Å². The van der Waals surface area contributed by atoms with Crippen LogP contribution < -0.4 is 5.32 Å². The van der Waals surface area contributed by atoms with Gasteiger partial charge in [-0.05, 0) is 43.5 Å². The number of pyridine rings is 1. The summed E-state index contributed by atoms with van der Waals surface area (Å²) in [5, 5.41) is 16.4. The molecule has 132 valence electrons. The van der Waals surface area contributed by atoms with Crippen molar-refractivity contribution in [3.05, 3.63) is 58.4 Å². The van der Waals surface area contributed by atoms with Crippen LogP contribution >= 0.6 is 0 Å². The first-order chi connectivity index (χ1) is 12.5. The molecule has 1 aliphatic carbocycles.